The summed E-state index contributed by atoms with van der Waals surface area (Å²) in [4.78, 5) is 20.4. The first-order valence-corrected chi connectivity index (χ1v) is 8.75. The van der Waals surface area contributed by atoms with Crippen LogP contribution in [0.25, 0.3) is 0 Å². The number of fused-ring (bicyclic) bond motifs is 1. The SMILES string of the molecule is CCCCN1/C(=C(\C)C(=O)c2ccccn2)Sc2ccccc21. The molecule has 0 amide bonds. The normalized spacial score (nSPS) is 15.5. The van der Waals surface area contributed by atoms with E-state index in [2.05, 4.69) is 35.0 Å². The Kier molecular flexibility index (Phi) is 4.82. The van der Waals surface area contributed by atoms with E-state index in [1.807, 2.05) is 25.1 Å². The first-order chi connectivity index (χ1) is 11.2. The molecule has 1 aliphatic rings. The highest BCUT2D eigenvalue weighted by molar-refractivity contribution is 8.03. The Bertz CT molecular complexity index is 740. The van der Waals surface area contributed by atoms with Gasteiger partial charge in [0.2, 0.25) is 5.78 Å². The monoisotopic (exact) mass is 324 g/mol. The maximum atomic E-state index is 12.7. The molecule has 1 aliphatic heterocycles. The molecule has 1 aromatic heterocycles. The van der Waals surface area contributed by atoms with Crippen molar-refractivity contribution in [3.63, 3.8) is 0 Å². The maximum absolute atomic E-state index is 12.7. The summed E-state index contributed by atoms with van der Waals surface area (Å²) in [5.74, 6) is 0.00223. The van der Waals surface area contributed by atoms with E-state index < -0.39 is 0 Å². The minimum atomic E-state index is 0.00223. The largest absolute Gasteiger partial charge is 0.335 e. The number of thioether (sulfide) groups is 1. The number of benzene rings is 1. The lowest BCUT2D eigenvalue weighted by molar-refractivity contribution is 0.102. The van der Waals surface area contributed by atoms with E-state index in [9.17, 15) is 4.79 Å². The van der Waals surface area contributed by atoms with E-state index in [1.54, 1.807) is 24.0 Å². The van der Waals surface area contributed by atoms with E-state index in [0.717, 1.165) is 30.0 Å². The fourth-order valence-corrected chi connectivity index (χ4v) is 3.82. The Morgan fingerprint density at radius 3 is 2.70 bits per heavy atom. The predicted octanol–water partition coefficient (Wildman–Crippen LogP) is 4.91. The van der Waals surface area contributed by atoms with Gasteiger partial charge in [-0.1, -0.05) is 43.3 Å². The van der Waals surface area contributed by atoms with Gasteiger partial charge in [-0.05, 0) is 37.6 Å². The lowest BCUT2D eigenvalue weighted by Crippen LogP contribution is -2.21. The summed E-state index contributed by atoms with van der Waals surface area (Å²) >= 11 is 1.68. The summed E-state index contributed by atoms with van der Waals surface area (Å²) in [5.41, 5.74) is 2.47. The molecule has 0 saturated heterocycles. The van der Waals surface area contributed by atoms with Gasteiger partial charge in [0.1, 0.15) is 5.69 Å². The van der Waals surface area contributed by atoms with Crippen LogP contribution in [-0.2, 0) is 0 Å². The van der Waals surface area contributed by atoms with Gasteiger partial charge < -0.3 is 4.90 Å². The van der Waals surface area contributed by atoms with Crippen LogP contribution in [0.3, 0.4) is 0 Å². The smallest absolute Gasteiger partial charge is 0.209 e. The molecule has 4 heteroatoms. The number of unbranched alkanes of at least 4 members (excludes halogenated alkanes) is 1. The molecule has 0 N–H and O–H groups in total. The van der Waals surface area contributed by atoms with Crippen LogP contribution in [0.5, 0.6) is 0 Å². The number of nitrogens with zero attached hydrogens (tertiary/aromatic N) is 2. The van der Waals surface area contributed by atoms with Crippen molar-refractivity contribution >= 4 is 23.2 Å². The number of Topliss-reactive ketones (excluding diaryl/α,β-unsaturated/α-hetero) is 1. The van der Waals surface area contributed by atoms with Gasteiger partial charge in [0, 0.05) is 23.2 Å². The molecular formula is C19H20N2OS. The van der Waals surface area contributed by atoms with Crippen molar-refractivity contribution in [2.24, 2.45) is 0 Å². The van der Waals surface area contributed by atoms with Gasteiger partial charge in [-0.25, -0.2) is 0 Å². The van der Waals surface area contributed by atoms with Crippen LogP contribution in [0.1, 0.15) is 37.2 Å². The lowest BCUT2D eigenvalue weighted by atomic mass is 10.1. The van der Waals surface area contributed by atoms with Crippen molar-refractivity contribution in [1.29, 1.82) is 0 Å². The quantitative estimate of drug-likeness (QED) is 0.578. The fourth-order valence-electron chi connectivity index (χ4n) is 2.64. The summed E-state index contributed by atoms with van der Waals surface area (Å²) in [6.45, 7) is 5.03. The first kappa shape index (κ1) is 15.8. The molecule has 0 fully saturated rings. The average molecular weight is 324 g/mol. The number of allylic oxidation sites excluding steroid dienone is 1. The molecule has 0 aliphatic carbocycles. The van der Waals surface area contributed by atoms with Crippen molar-refractivity contribution < 1.29 is 4.79 Å². The van der Waals surface area contributed by atoms with Gasteiger partial charge in [0.25, 0.3) is 0 Å². The second-order valence-corrected chi connectivity index (χ2v) is 6.58. The molecule has 118 valence electrons. The molecule has 1 aromatic carbocycles. The molecule has 2 aromatic rings. The van der Waals surface area contributed by atoms with Crippen LogP contribution in [0.15, 0.2) is 64.2 Å². The molecule has 0 unspecified atom stereocenters. The lowest BCUT2D eigenvalue weighted by Gasteiger charge is -2.21. The summed E-state index contributed by atoms with van der Waals surface area (Å²) < 4.78 is 0. The zero-order valence-corrected chi connectivity index (χ0v) is 14.3. The minimum absolute atomic E-state index is 0.00223. The highest BCUT2D eigenvalue weighted by Gasteiger charge is 2.28. The maximum Gasteiger partial charge on any atom is 0.209 e. The second-order valence-electron chi connectivity index (χ2n) is 5.55. The Morgan fingerprint density at radius 2 is 1.96 bits per heavy atom. The predicted molar refractivity (Wildman–Crippen MR) is 95.8 cm³/mol. The molecular weight excluding hydrogens is 304 g/mol. The van der Waals surface area contributed by atoms with Crippen molar-refractivity contribution in [3.05, 3.63) is 65.0 Å². The molecule has 0 atom stereocenters. The van der Waals surface area contributed by atoms with Crippen LogP contribution in [0, 0.1) is 0 Å². The van der Waals surface area contributed by atoms with E-state index in [-0.39, 0.29) is 5.78 Å². The Hall–Kier alpha value is -2.07. The number of carbonyl (C=O) groups excluding carboxylic acids is 1. The van der Waals surface area contributed by atoms with Gasteiger partial charge in [0.05, 0.1) is 10.7 Å². The third-order valence-corrected chi connectivity index (χ3v) is 5.19. The van der Waals surface area contributed by atoms with Crippen LogP contribution >= 0.6 is 11.8 Å². The van der Waals surface area contributed by atoms with Crippen LogP contribution in [0.2, 0.25) is 0 Å². The summed E-state index contributed by atoms with van der Waals surface area (Å²) in [5, 5.41) is 1.04. The Morgan fingerprint density at radius 1 is 1.17 bits per heavy atom. The van der Waals surface area contributed by atoms with E-state index >= 15 is 0 Å². The number of para-hydroxylation sites is 1. The molecule has 0 spiro atoms. The van der Waals surface area contributed by atoms with Gasteiger partial charge in [-0.15, -0.1) is 0 Å². The van der Waals surface area contributed by atoms with E-state index in [4.69, 9.17) is 0 Å². The van der Waals surface area contributed by atoms with Crippen LogP contribution in [0.4, 0.5) is 5.69 Å². The highest BCUT2D eigenvalue weighted by Crippen LogP contribution is 2.47. The second kappa shape index (κ2) is 7.01. The summed E-state index contributed by atoms with van der Waals surface area (Å²) in [6, 6.07) is 13.8. The molecule has 0 saturated carbocycles. The van der Waals surface area contributed by atoms with Gasteiger partial charge >= 0.3 is 0 Å². The average Bonchev–Trinajstić information content (AvgIpc) is 2.98. The van der Waals surface area contributed by atoms with E-state index in [1.165, 1.54) is 10.6 Å². The minimum Gasteiger partial charge on any atom is -0.335 e. The van der Waals surface area contributed by atoms with Gasteiger partial charge in [-0.3, -0.25) is 9.78 Å². The Balaban J connectivity index is 1.98. The zero-order valence-electron chi connectivity index (χ0n) is 13.5. The number of pyridine rings is 1. The van der Waals surface area contributed by atoms with Crippen molar-refractivity contribution in [2.45, 2.75) is 31.6 Å². The summed E-state index contributed by atoms with van der Waals surface area (Å²) in [6.07, 6.45) is 3.89. The summed E-state index contributed by atoms with van der Waals surface area (Å²) in [7, 11) is 0. The molecule has 0 radical (unpaired) electrons. The van der Waals surface area contributed by atoms with Gasteiger partial charge in [0.15, 0.2) is 0 Å². The highest BCUT2D eigenvalue weighted by atomic mass is 32.2. The number of ketones is 1. The standard InChI is InChI=1S/C19H20N2OS/c1-3-4-13-21-16-10-5-6-11-17(16)23-19(21)14(2)18(22)15-9-7-8-12-20-15/h5-12H,3-4,13H2,1-2H3/b19-14-. The molecule has 2 heterocycles. The molecule has 3 nitrogen and oxygen atoms in total. The number of hydrogen-bond donors (Lipinski definition) is 0. The molecule has 0 bridgehead atoms. The van der Waals surface area contributed by atoms with Crippen LogP contribution < -0.4 is 4.90 Å². The number of rotatable bonds is 5. The number of hydrogen-bond acceptors (Lipinski definition) is 4. The van der Waals surface area contributed by atoms with Crippen molar-refractivity contribution in [3.8, 4) is 0 Å². The zero-order chi connectivity index (χ0) is 16.2. The number of anilines is 1. The third kappa shape index (κ3) is 3.17. The van der Waals surface area contributed by atoms with Crippen molar-refractivity contribution in [1.82, 2.24) is 4.98 Å². The Labute approximate surface area is 141 Å². The van der Waals surface area contributed by atoms with Crippen LogP contribution in [-0.4, -0.2) is 17.3 Å². The van der Waals surface area contributed by atoms with E-state index in [0.29, 0.717) is 5.69 Å². The number of carbonyl (C=O) groups is 1. The number of aromatic nitrogens is 1. The third-order valence-electron chi connectivity index (χ3n) is 3.90. The molecule has 3 rings (SSSR count). The van der Waals surface area contributed by atoms with Gasteiger partial charge in [-0.2, -0.15) is 0 Å². The fraction of sp³-hybridized carbons (Fsp3) is 0.263. The van der Waals surface area contributed by atoms with Crippen molar-refractivity contribution in [2.75, 3.05) is 11.4 Å². The molecule has 23 heavy (non-hydrogen) atoms. The topological polar surface area (TPSA) is 33.2 Å². The first-order valence-electron chi connectivity index (χ1n) is 7.93.